The molecule has 0 bridgehead atoms. The third-order valence-corrected chi connectivity index (χ3v) is 2.14. The Balaban J connectivity index is 2.45. The number of aromatic nitrogens is 1. The summed E-state index contributed by atoms with van der Waals surface area (Å²) in [5.74, 6) is -0.211. The van der Waals surface area contributed by atoms with Gasteiger partial charge in [-0.05, 0) is 17.7 Å². The summed E-state index contributed by atoms with van der Waals surface area (Å²) >= 11 is 0. The zero-order valence-corrected chi connectivity index (χ0v) is 7.80. The molecule has 0 saturated carbocycles. The standard InChI is InChI=1S/C10H11FN2O/c1-14-13-6-7-5-12-9-4-2-3-8(11)10(7)9/h2-5,12-13H,6H2,1H3. The number of rotatable bonds is 3. The van der Waals surface area contributed by atoms with Crippen LogP contribution in [0, 0.1) is 5.82 Å². The van der Waals surface area contributed by atoms with Gasteiger partial charge < -0.3 is 9.82 Å². The normalized spacial score (nSPS) is 11.0. The molecule has 4 heteroatoms. The second kappa shape index (κ2) is 3.77. The summed E-state index contributed by atoms with van der Waals surface area (Å²) in [5, 5.41) is 0.622. The lowest BCUT2D eigenvalue weighted by atomic mass is 10.1. The van der Waals surface area contributed by atoms with Crippen LogP contribution in [0.25, 0.3) is 10.9 Å². The Morgan fingerprint density at radius 2 is 2.36 bits per heavy atom. The third-order valence-electron chi connectivity index (χ3n) is 2.14. The molecule has 0 spiro atoms. The average Bonchev–Trinajstić information content (AvgIpc) is 2.59. The van der Waals surface area contributed by atoms with Gasteiger partial charge in [-0.25, -0.2) is 4.39 Å². The van der Waals surface area contributed by atoms with Crippen molar-refractivity contribution in [1.29, 1.82) is 0 Å². The average molecular weight is 194 g/mol. The van der Waals surface area contributed by atoms with Gasteiger partial charge in [0.1, 0.15) is 5.82 Å². The van der Waals surface area contributed by atoms with E-state index in [1.807, 2.05) is 6.07 Å². The van der Waals surface area contributed by atoms with E-state index in [1.165, 1.54) is 13.2 Å². The van der Waals surface area contributed by atoms with E-state index in [4.69, 9.17) is 4.84 Å². The van der Waals surface area contributed by atoms with Gasteiger partial charge in [0.2, 0.25) is 0 Å². The first-order chi connectivity index (χ1) is 6.83. The van der Waals surface area contributed by atoms with E-state index < -0.39 is 0 Å². The number of aromatic amines is 1. The minimum Gasteiger partial charge on any atom is -0.361 e. The van der Waals surface area contributed by atoms with Crippen LogP contribution in [0.5, 0.6) is 0 Å². The highest BCUT2D eigenvalue weighted by molar-refractivity contribution is 5.83. The van der Waals surface area contributed by atoms with Crippen molar-refractivity contribution in [3.05, 3.63) is 35.8 Å². The Bertz CT molecular complexity index is 439. The first kappa shape index (κ1) is 9.18. The van der Waals surface area contributed by atoms with E-state index in [2.05, 4.69) is 10.5 Å². The fourth-order valence-corrected chi connectivity index (χ4v) is 1.50. The monoisotopic (exact) mass is 194 g/mol. The van der Waals surface area contributed by atoms with E-state index >= 15 is 0 Å². The molecule has 1 heterocycles. The summed E-state index contributed by atoms with van der Waals surface area (Å²) in [7, 11) is 1.53. The zero-order valence-electron chi connectivity index (χ0n) is 7.80. The van der Waals surface area contributed by atoms with Crippen molar-refractivity contribution >= 4 is 10.9 Å². The second-order valence-electron chi connectivity index (χ2n) is 3.00. The minimum atomic E-state index is -0.211. The van der Waals surface area contributed by atoms with Crippen LogP contribution in [0.4, 0.5) is 4.39 Å². The quantitative estimate of drug-likeness (QED) is 0.733. The molecule has 1 aromatic heterocycles. The lowest BCUT2D eigenvalue weighted by molar-refractivity contribution is 0.0870. The van der Waals surface area contributed by atoms with Gasteiger partial charge in [-0.1, -0.05) is 6.07 Å². The third kappa shape index (κ3) is 1.49. The van der Waals surface area contributed by atoms with Gasteiger partial charge in [-0.3, -0.25) is 0 Å². The molecular weight excluding hydrogens is 183 g/mol. The van der Waals surface area contributed by atoms with Gasteiger partial charge in [0.05, 0.1) is 7.11 Å². The summed E-state index contributed by atoms with van der Waals surface area (Å²) in [5.41, 5.74) is 4.35. The number of hydroxylamine groups is 1. The number of benzene rings is 1. The van der Waals surface area contributed by atoms with Crippen LogP contribution in [-0.4, -0.2) is 12.1 Å². The molecule has 14 heavy (non-hydrogen) atoms. The van der Waals surface area contributed by atoms with E-state index in [0.717, 1.165) is 11.1 Å². The van der Waals surface area contributed by atoms with Crippen molar-refractivity contribution in [2.24, 2.45) is 0 Å². The van der Waals surface area contributed by atoms with Crippen molar-refractivity contribution in [2.45, 2.75) is 6.54 Å². The molecule has 0 aliphatic carbocycles. The molecule has 3 nitrogen and oxygen atoms in total. The van der Waals surface area contributed by atoms with Gasteiger partial charge >= 0.3 is 0 Å². The Morgan fingerprint density at radius 1 is 1.50 bits per heavy atom. The van der Waals surface area contributed by atoms with Crippen LogP contribution in [0.3, 0.4) is 0 Å². The number of H-pyrrole nitrogens is 1. The molecule has 0 unspecified atom stereocenters. The molecule has 0 amide bonds. The van der Waals surface area contributed by atoms with Gasteiger partial charge in [-0.15, -0.1) is 0 Å². The molecule has 0 saturated heterocycles. The number of halogens is 1. The topological polar surface area (TPSA) is 37.0 Å². The van der Waals surface area contributed by atoms with Crippen molar-refractivity contribution < 1.29 is 9.23 Å². The maximum absolute atomic E-state index is 13.4. The number of hydrogen-bond acceptors (Lipinski definition) is 2. The van der Waals surface area contributed by atoms with E-state index in [1.54, 1.807) is 12.3 Å². The zero-order chi connectivity index (χ0) is 9.97. The number of hydrogen-bond donors (Lipinski definition) is 2. The Morgan fingerprint density at radius 3 is 3.14 bits per heavy atom. The smallest absolute Gasteiger partial charge is 0.132 e. The van der Waals surface area contributed by atoms with Gasteiger partial charge in [-0.2, -0.15) is 5.48 Å². The van der Waals surface area contributed by atoms with Crippen LogP contribution in [0.1, 0.15) is 5.56 Å². The van der Waals surface area contributed by atoms with Crippen LogP contribution >= 0.6 is 0 Å². The molecule has 0 radical (unpaired) electrons. The highest BCUT2D eigenvalue weighted by Gasteiger charge is 2.07. The molecule has 2 aromatic rings. The molecule has 2 rings (SSSR count). The molecule has 2 N–H and O–H groups in total. The number of fused-ring (bicyclic) bond motifs is 1. The highest BCUT2D eigenvalue weighted by atomic mass is 19.1. The predicted octanol–water partition coefficient (Wildman–Crippen LogP) is 1.96. The van der Waals surface area contributed by atoms with E-state index in [-0.39, 0.29) is 5.82 Å². The van der Waals surface area contributed by atoms with Crippen molar-refractivity contribution in [1.82, 2.24) is 10.5 Å². The molecule has 0 aliphatic heterocycles. The first-order valence-corrected chi connectivity index (χ1v) is 4.33. The Kier molecular flexibility index (Phi) is 2.47. The van der Waals surface area contributed by atoms with Crippen LogP contribution in [0.2, 0.25) is 0 Å². The maximum Gasteiger partial charge on any atom is 0.132 e. The maximum atomic E-state index is 13.4. The largest absolute Gasteiger partial charge is 0.361 e. The summed E-state index contributed by atoms with van der Waals surface area (Å²) in [6, 6.07) is 4.98. The first-order valence-electron chi connectivity index (χ1n) is 4.33. The summed E-state index contributed by atoms with van der Waals surface area (Å²) in [6.45, 7) is 0.484. The van der Waals surface area contributed by atoms with E-state index in [0.29, 0.717) is 11.9 Å². The SMILES string of the molecule is CONCc1c[nH]c2cccc(F)c12. The van der Waals surface area contributed by atoms with Gasteiger partial charge in [0, 0.05) is 23.6 Å². The van der Waals surface area contributed by atoms with Crippen LogP contribution < -0.4 is 5.48 Å². The van der Waals surface area contributed by atoms with E-state index in [9.17, 15) is 4.39 Å². The highest BCUT2D eigenvalue weighted by Crippen LogP contribution is 2.20. The van der Waals surface area contributed by atoms with Gasteiger partial charge in [0.25, 0.3) is 0 Å². The van der Waals surface area contributed by atoms with Crippen molar-refractivity contribution in [3.63, 3.8) is 0 Å². The summed E-state index contributed by atoms with van der Waals surface area (Å²) in [4.78, 5) is 7.72. The number of nitrogens with one attached hydrogen (secondary N) is 2. The van der Waals surface area contributed by atoms with Gasteiger partial charge in [0.15, 0.2) is 0 Å². The minimum absolute atomic E-state index is 0.211. The Labute approximate surface area is 80.8 Å². The van der Waals surface area contributed by atoms with Crippen LogP contribution in [0.15, 0.2) is 24.4 Å². The Hall–Kier alpha value is -1.39. The molecule has 0 atom stereocenters. The summed E-state index contributed by atoms with van der Waals surface area (Å²) < 4.78 is 13.4. The molecular formula is C10H11FN2O. The van der Waals surface area contributed by atoms with Crippen molar-refractivity contribution in [3.8, 4) is 0 Å². The van der Waals surface area contributed by atoms with Crippen LogP contribution in [-0.2, 0) is 11.4 Å². The molecule has 1 aromatic carbocycles. The summed E-state index contributed by atoms with van der Waals surface area (Å²) in [6.07, 6.45) is 1.78. The molecule has 0 fully saturated rings. The lowest BCUT2D eigenvalue weighted by Crippen LogP contribution is -2.10. The lowest BCUT2D eigenvalue weighted by Gasteiger charge is -2.00. The fraction of sp³-hybridized carbons (Fsp3) is 0.200. The predicted molar refractivity (Wildman–Crippen MR) is 52.1 cm³/mol. The second-order valence-corrected chi connectivity index (χ2v) is 3.00. The molecule has 74 valence electrons. The molecule has 0 aliphatic rings. The van der Waals surface area contributed by atoms with Crippen molar-refractivity contribution in [2.75, 3.05) is 7.11 Å². The fourth-order valence-electron chi connectivity index (χ4n) is 1.50.